The quantitative estimate of drug-likeness (QED) is 0.341. The zero-order valence-electron chi connectivity index (χ0n) is 15.1. The Hall–Kier alpha value is -1.90. The molecule has 3 heteroatoms. The molecule has 0 saturated carbocycles. The van der Waals surface area contributed by atoms with Gasteiger partial charge in [0.25, 0.3) is 0 Å². The second-order valence-corrected chi connectivity index (χ2v) is 6.99. The third kappa shape index (κ3) is 6.01. The van der Waals surface area contributed by atoms with Gasteiger partial charge in [0.2, 0.25) is 0 Å². The van der Waals surface area contributed by atoms with Crippen molar-refractivity contribution in [3.05, 3.63) is 47.0 Å². The van der Waals surface area contributed by atoms with Crippen LogP contribution in [-0.4, -0.2) is 18.4 Å². The van der Waals surface area contributed by atoms with Gasteiger partial charge in [0.05, 0.1) is 12.2 Å². The lowest BCUT2D eigenvalue weighted by Crippen LogP contribution is -2.15. The highest BCUT2D eigenvalue weighted by atomic mass is 16.5. The highest BCUT2D eigenvalue weighted by Crippen LogP contribution is 2.23. The van der Waals surface area contributed by atoms with E-state index in [4.69, 9.17) is 4.74 Å². The largest absolute Gasteiger partial charge is 0.462 e. The molecule has 0 aliphatic carbocycles. The van der Waals surface area contributed by atoms with Crippen LogP contribution in [0.5, 0.6) is 0 Å². The minimum absolute atomic E-state index is 0.0822. The SMILES string of the molecule is CCOC(=O)C(=CC(C)Cc1ccc(C(C)(C)C)cc1)C(C)=O. The molecule has 1 aromatic carbocycles. The number of rotatable bonds is 6. The van der Waals surface area contributed by atoms with Crippen LogP contribution in [0.4, 0.5) is 0 Å². The van der Waals surface area contributed by atoms with E-state index in [-0.39, 0.29) is 29.3 Å². The van der Waals surface area contributed by atoms with Gasteiger partial charge in [-0.15, -0.1) is 0 Å². The van der Waals surface area contributed by atoms with Gasteiger partial charge < -0.3 is 4.74 Å². The van der Waals surface area contributed by atoms with Gasteiger partial charge in [-0.3, -0.25) is 4.79 Å². The molecule has 0 bridgehead atoms. The van der Waals surface area contributed by atoms with Crippen molar-refractivity contribution in [1.29, 1.82) is 0 Å². The number of benzene rings is 1. The van der Waals surface area contributed by atoms with Gasteiger partial charge in [-0.1, -0.05) is 58.0 Å². The van der Waals surface area contributed by atoms with Crippen molar-refractivity contribution in [2.75, 3.05) is 6.61 Å². The maximum atomic E-state index is 11.8. The van der Waals surface area contributed by atoms with Gasteiger partial charge >= 0.3 is 5.97 Å². The molecule has 0 fully saturated rings. The second-order valence-electron chi connectivity index (χ2n) is 6.99. The van der Waals surface area contributed by atoms with Crippen LogP contribution in [0.25, 0.3) is 0 Å². The van der Waals surface area contributed by atoms with E-state index in [1.165, 1.54) is 18.1 Å². The number of carbonyl (C=O) groups excluding carboxylic acids is 2. The summed E-state index contributed by atoms with van der Waals surface area (Å²) in [5.74, 6) is -0.702. The number of carbonyl (C=O) groups is 2. The number of hydrogen-bond acceptors (Lipinski definition) is 3. The van der Waals surface area contributed by atoms with E-state index in [9.17, 15) is 9.59 Å². The van der Waals surface area contributed by atoms with E-state index in [1.807, 2.05) is 6.92 Å². The number of Topliss-reactive ketones (excluding diaryl/α,β-unsaturated/α-hetero) is 1. The van der Waals surface area contributed by atoms with Gasteiger partial charge in [-0.25, -0.2) is 4.79 Å². The molecule has 0 amide bonds. The van der Waals surface area contributed by atoms with Gasteiger partial charge in [0, 0.05) is 0 Å². The topological polar surface area (TPSA) is 43.4 Å². The third-order valence-electron chi connectivity index (χ3n) is 3.70. The highest BCUT2D eigenvalue weighted by Gasteiger charge is 2.17. The normalized spacial score (nSPS) is 13.6. The predicted octanol–water partition coefficient (Wildman–Crippen LogP) is 4.24. The fourth-order valence-electron chi connectivity index (χ4n) is 2.39. The Morgan fingerprint density at radius 2 is 1.74 bits per heavy atom. The summed E-state index contributed by atoms with van der Waals surface area (Å²) in [6.07, 6.45) is 2.50. The Balaban J connectivity index is 2.85. The summed E-state index contributed by atoms with van der Waals surface area (Å²) < 4.78 is 4.94. The van der Waals surface area contributed by atoms with Gasteiger partial charge in [-0.05, 0) is 42.7 Å². The van der Waals surface area contributed by atoms with Crippen molar-refractivity contribution < 1.29 is 14.3 Å². The lowest BCUT2D eigenvalue weighted by atomic mass is 9.86. The van der Waals surface area contributed by atoms with Crippen molar-refractivity contribution in [3.8, 4) is 0 Å². The monoisotopic (exact) mass is 316 g/mol. The number of ketones is 1. The van der Waals surface area contributed by atoms with Crippen molar-refractivity contribution in [2.45, 2.75) is 53.4 Å². The number of allylic oxidation sites excluding steroid dienone is 1. The Bertz CT molecular complexity index is 574. The fraction of sp³-hybridized carbons (Fsp3) is 0.500. The molecule has 0 N–H and O–H groups in total. The molecular formula is C20H28O3. The Labute approximate surface area is 139 Å². The minimum Gasteiger partial charge on any atom is -0.462 e. The first-order chi connectivity index (χ1) is 10.6. The Morgan fingerprint density at radius 3 is 2.17 bits per heavy atom. The summed E-state index contributed by atoms with van der Waals surface area (Å²) in [5, 5.41) is 0. The molecule has 1 atom stereocenters. The summed E-state index contributed by atoms with van der Waals surface area (Å²) in [6.45, 7) is 12.0. The number of esters is 1. The molecule has 0 spiro atoms. The third-order valence-corrected chi connectivity index (χ3v) is 3.70. The van der Waals surface area contributed by atoms with Crippen molar-refractivity contribution in [3.63, 3.8) is 0 Å². The first-order valence-corrected chi connectivity index (χ1v) is 8.14. The summed E-state index contributed by atoms with van der Waals surface area (Å²) >= 11 is 0. The molecule has 0 aliphatic heterocycles. The first-order valence-electron chi connectivity index (χ1n) is 8.14. The Morgan fingerprint density at radius 1 is 1.17 bits per heavy atom. The van der Waals surface area contributed by atoms with Crippen LogP contribution in [0.3, 0.4) is 0 Å². The van der Waals surface area contributed by atoms with E-state index in [0.717, 1.165) is 6.42 Å². The zero-order chi connectivity index (χ0) is 17.6. The molecule has 126 valence electrons. The average molecular weight is 316 g/mol. The molecule has 0 saturated heterocycles. The van der Waals surface area contributed by atoms with Crippen LogP contribution in [-0.2, 0) is 26.2 Å². The average Bonchev–Trinajstić information content (AvgIpc) is 2.44. The predicted molar refractivity (Wildman–Crippen MR) is 93.4 cm³/mol. The van der Waals surface area contributed by atoms with Gasteiger partial charge in [0.1, 0.15) is 0 Å². The van der Waals surface area contributed by atoms with Crippen LogP contribution < -0.4 is 0 Å². The summed E-state index contributed by atoms with van der Waals surface area (Å²) in [6, 6.07) is 8.51. The molecule has 0 heterocycles. The standard InChI is InChI=1S/C20H28O3/c1-7-23-19(22)18(15(3)21)13-14(2)12-16-8-10-17(11-9-16)20(4,5)6/h8-11,13-14H,7,12H2,1-6H3. The summed E-state index contributed by atoms with van der Waals surface area (Å²) in [5.41, 5.74) is 2.76. The van der Waals surface area contributed by atoms with Gasteiger partial charge in [-0.2, -0.15) is 0 Å². The zero-order valence-corrected chi connectivity index (χ0v) is 15.1. The second kappa shape index (κ2) is 8.09. The maximum absolute atomic E-state index is 11.8. The molecule has 1 rings (SSSR count). The van der Waals surface area contributed by atoms with E-state index in [0.29, 0.717) is 0 Å². The highest BCUT2D eigenvalue weighted by molar-refractivity contribution is 6.16. The first kappa shape index (κ1) is 19.1. The van der Waals surface area contributed by atoms with Crippen LogP contribution in [0.2, 0.25) is 0 Å². The van der Waals surface area contributed by atoms with Crippen molar-refractivity contribution in [1.82, 2.24) is 0 Å². The van der Waals surface area contributed by atoms with Crippen LogP contribution in [0.15, 0.2) is 35.9 Å². The minimum atomic E-state index is -0.532. The van der Waals surface area contributed by atoms with Crippen molar-refractivity contribution in [2.24, 2.45) is 5.92 Å². The summed E-state index contributed by atoms with van der Waals surface area (Å²) in [4.78, 5) is 23.5. The van der Waals surface area contributed by atoms with Gasteiger partial charge in [0.15, 0.2) is 5.78 Å². The van der Waals surface area contributed by atoms with E-state index >= 15 is 0 Å². The summed E-state index contributed by atoms with van der Waals surface area (Å²) in [7, 11) is 0. The molecule has 23 heavy (non-hydrogen) atoms. The number of ether oxygens (including phenoxy) is 1. The smallest absolute Gasteiger partial charge is 0.341 e. The van der Waals surface area contributed by atoms with Crippen LogP contribution >= 0.6 is 0 Å². The maximum Gasteiger partial charge on any atom is 0.341 e. The Kier molecular flexibility index (Phi) is 6.74. The van der Waals surface area contributed by atoms with E-state index in [1.54, 1.807) is 13.0 Å². The molecular weight excluding hydrogens is 288 g/mol. The van der Waals surface area contributed by atoms with Crippen molar-refractivity contribution >= 4 is 11.8 Å². The fourth-order valence-corrected chi connectivity index (χ4v) is 2.39. The molecule has 1 unspecified atom stereocenters. The molecule has 1 aromatic rings. The van der Waals surface area contributed by atoms with E-state index < -0.39 is 5.97 Å². The molecule has 3 nitrogen and oxygen atoms in total. The molecule has 0 radical (unpaired) electrons. The lowest BCUT2D eigenvalue weighted by Gasteiger charge is -2.19. The van der Waals surface area contributed by atoms with Crippen LogP contribution in [0.1, 0.15) is 52.7 Å². The molecule has 0 aliphatic rings. The number of hydrogen-bond donors (Lipinski definition) is 0. The lowest BCUT2D eigenvalue weighted by molar-refractivity contribution is -0.139. The van der Waals surface area contributed by atoms with Crippen LogP contribution in [0, 0.1) is 5.92 Å². The van der Waals surface area contributed by atoms with E-state index in [2.05, 4.69) is 45.0 Å². The molecule has 0 aromatic heterocycles.